The molecule has 8 heteroatoms. The zero-order valence-electron chi connectivity index (χ0n) is 12.3. The van der Waals surface area contributed by atoms with Crippen LogP contribution in [0.25, 0.3) is 0 Å². The molecule has 0 saturated heterocycles. The average Bonchev–Trinajstić information content (AvgIpc) is 2.84. The van der Waals surface area contributed by atoms with Gasteiger partial charge in [0.1, 0.15) is 0 Å². The topological polar surface area (TPSA) is 67.2 Å². The zero-order chi connectivity index (χ0) is 15.9. The molecule has 0 radical (unpaired) electrons. The van der Waals surface area contributed by atoms with Crippen molar-refractivity contribution in [3.63, 3.8) is 0 Å². The number of hydrogen-bond acceptors (Lipinski definition) is 3. The fraction of sp³-hybridized carbons (Fsp3) is 0.643. The van der Waals surface area contributed by atoms with Crippen LogP contribution >= 0.6 is 0 Å². The van der Waals surface area contributed by atoms with Crippen molar-refractivity contribution in [2.24, 2.45) is 0 Å². The third kappa shape index (κ3) is 2.95. The summed E-state index contributed by atoms with van der Waals surface area (Å²) in [6.07, 6.45) is 1.17. The summed E-state index contributed by atoms with van der Waals surface area (Å²) in [4.78, 5) is 25.3. The maximum absolute atomic E-state index is 12.8. The second kappa shape index (κ2) is 5.33. The summed E-state index contributed by atoms with van der Waals surface area (Å²) < 4.78 is 27.3. The Balaban J connectivity index is 1.62. The first-order valence-corrected chi connectivity index (χ1v) is 7.29. The van der Waals surface area contributed by atoms with Gasteiger partial charge in [-0.05, 0) is 6.07 Å². The van der Waals surface area contributed by atoms with Gasteiger partial charge >= 0.3 is 0 Å². The fourth-order valence-electron chi connectivity index (χ4n) is 3.04. The molecule has 0 aromatic carbocycles. The molecule has 3 rings (SSSR count). The van der Waals surface area contributed by atoms with Crippen LogP contribution < -0.4 is 5.32 Å². The highest BCUT2D eigenvalue weighted by atomic mass is 19.3. The summed E-state index contributed by atoms with van der Waals surface area (Å²) in [6, 6.07) is 1.10. The molecular formula is C14H18F2N4O2. The second-order valence-corrected chi connectivity index (χ2v) is 6.05. The van der Waals surface area contributed by atoms with E-state index in [1.807, 2.05) is 6.07 Å². The number of fused-ring (bicyclic) bond motifs is 1. The van der Waals surface area contributed by atoms with Crippen LogP contribution in [0.15, 0.2) is 12.3 Å². The van der Waals surface area contributed by atoms with E-state index in [0.717, 1.165) is 5.69 Å². The Bertz CT molecular complexity index is 593. The lowest BCUT2D eigenvalue weighted by molar-refractivity contribution is -0.134. The van der Waals surface area contributed by atoms with Gasteiger partial charge in [-0.2, -0.15) is 5.10 Å². The minimum absolute atomic E-state index is 0.0588. The minimum Gasteiger partial charge on any atom is -0.353 e. The number of carbonyl (C=O) groups is 2. The summed E-state index contributed by atoms with van der Waals surface area (Å²) in [6.45, 7) is 2.36. The van der Waals surface area contributed by atoms with Crippen LogP contribution in [-0.2, 0) is 16.1 Å². The van der Waals surface area contributed by atoms with Gasteiger partial charge in [0.15, 0.2) is 0 Å². The van der Waals surface area contributed by atoms with E-state index in [-0.39, 0.29) is 37.1 Å². The van der Waals surface area contributed by atoms with E-state index in [4.69, 9.17) is 0 Å². The van der Waals surface area contributed by atoms with Crippen LogP contribution in [0.5, 0.6) is 0 Å². The molecule has 0 unspecified atom stereocenters. The molecule has 1 aliphatic carbocycles. The van der Waals surface area contributed by atoms with Crippen molar-refractivity contribution in [3.05, 3.63) is 18.0 Å². The molecule has 1 N–H and O–H groups in total. The largest absolute Gasteiger partial charge is 0.353 e. The molecule has 1 atom stereocenters. The van der Waals surface area contributed by atoms with Crippen LogP contribution in [0.4, 0.5) is 8.78 Å². The van der Waals surface area contributed by atoms with E-state index in [1.54, 1.807) is 15.8 Å². The molecule has 1 fully saturated rings. The molecular weight excluding hydrogens is 294 g/mol. The molecule has 120 valence electrons. The predicted octanol–water partition coefficient (Wildman–Crippen LogP) is 1.09. The molecule has 1 saturated carbocycles. The molecule has 22 heavy (non-hydrogen) atoms. The van der Waals surface area contributed by atoms with Gasteiger partial charge in [-0.15, -0.1) is 0 Å². The Morgan fingerprint density at radius 2 is 2.18 bits per heavy atom. The first-order valence-electron chi connectivity index (χ1n) is 7.29. The molecule has 0 bridgehead atoms. The second-order valence-electron chi connectivity index (χ2n) is 6.05. The van der Waals surface area contributed by atoms with Crippen molar-refractivity contribution in [1.82, 2.24) is 20.0 Å². The Morgan fingerprint density at radius 3 is 2.82 bits per heavy atom. The Hall–Kier alpha value is -1.99. The van der Waals surface area contributed by atoms with Gasteiger partial charge in [-0.3, -0.25) is 14.3 Å². The highest BCUT2D eigenvalue weighted by Crippen LogP contribution is 2.37. The fourth-order valence-corrected chi connectivity index (χ4v) is 3.04. The molecule has 1 aromatic rings. The van der Waals surface area contributed by atoms with Crippen LogP contribution in [0, 0.1) is 0 Å². The third-order valence-electron chi connectivity index (χ3n) is 4.20. The summed E-state index contributed by atoms with van der Waals surface area (Å²) in [5.41, 5.74) is 0.870. The molecule has 0 spiro atoms. The lowest BCUT2D eigenvalue weighted by atomic mass is 9.88. The standard InChI is InChI=1S/C14H18F2N4O2/c1-9(21)19-7-11-2-3-17-20(11)12(8-19)4-13(22)18-10-5-14(15,16)6-10/h2-3,10,12H,4-8H2,1H3,(H,18,22)/t12-/m0/s1. The van der Waals surface area contributed by atoms with Crippen LogP contribution in [0.1, 0.15) is 37.9 Å². The Kier molecular flexibility index (Phi) is 3.62. The van der Waals surface area contributed by atoms with E-state index in [9.17, 15) is 18.4 Å². The minimum atomic E-state index is -2.65. The van der Waals surface area contributed by atoms with E-state index < -0.39 is 12.0 Å². The van der Waals surface area contributed by atoms with Crippen LogP contribution in [-0.4, -0.2) is 45.0 Å². The third-order valence-corrected chi connectivity index (χ3v) is 4.20. The quantitative estimate of drug-likeness (QED) is 0.908. The molecule has 1 aromatic heterocycles. The van der Waals surface area contributed by atoms with Crippen molar-refractivity contribution in [2.45, 2.75) is 50.7 Å². The number of aromatic nitrogens is 2. The van der Waals surface area contributed by atoms with Gasteiger partial charge in [0.2, 0.25) is 11.8 Å². The Morgan fingerprint density at radius 1 is 1.45 bits per heavy atom. The highest BCUT2D eigenvalue weighted by molar-refractivity contribution is 5.77. The van der Waals surface area contributed by atoms with Crippen molar-refractivity contribution < 1.29 is 18.4 Å². The number of nitrogens with zero attached hydrogens (tertiary/aromatic N) is 3. The van der Waals surface area contributed by atoms with Crippen LogP contribution in [0.2, 0.25) is 0 Å². The maximum atomic E-state index is 12.8. The molecule has 2 aliphatic rings. The zero-order valence-corrected chi connectivity index (χ0v) is 12.3. The average molecular weight is 312 g/mol. The van der Waals surface area contributed by atoms with Crippen molar-refractivity contribution in [3.8, 4) is 0 Å². The summed E-state index contributed by atoms with van der Waals surface area (Å²) in [7, 11) is 0. The summed E-state index contributed by atoms with van der Waals surface area (Å²) in [5, 5.41) is 6.82. The molecule has 2 amide bonds. The van der Waals surface area contributed by atoms with Gasteiger partial charge in [-0.1, -0.05) is 0 Å². The smallest absolute Gasteiger partial charge is 0.252 e. The summed E-state index contributed by atoms with van der Waals surface area (Å²) >= 11 is 0. The lowest BCUT2D eigenvalue weighted by Crippen LogP contribution is -2.51. The normalized spacial score (nSPS) is 23.6. The molecule has 1 aliphatic heterocycles. The highest BCUT2D eigenvalue weighted by Gasteiger charge is 2.46. The number of alkyl halides is 2. The van der Waals surface area contributed by atoms with Crippen molar-refractivity contribution in [2.75, 3.05) is 6.54 Å². The Labute approximate surface area is 126 Å². The number of rotatable bonds is 3. The number of hydrogen-bond donors (Lipinski definition) is 1. The monoisotopic (exact) mass is 312 g/mol. The van der Waals surface area contributed by atoms with Crippen molar-refractivity contribution in [1.29, 1.82) is 0 Å². The molecule has 2 heterocycles. The van der Waals surface area contributed by atoms with Gasteiger partial charge in [0, 0.05) is 38.5 Å². The van der Waals surface area contributed by atoms with Crippen LogP contribution in [0.3, 0.4) is 0 Å². The van der Waals surface area contributed by atoms with E-state index in [1.165, 1.54) is 6.92 Å². The molecule has 6 nitrogen and oxygen atoms in total. The van der Waals surface area contributed by atoms with Gasteiger partial charge in [0.25, 0.3) is 5.92 Å². The lowest BCUT2D eigenvalue weighted by Gasteiger charge is -2.36. The number of halogens is 2. The number of nitrogens with one attached hydrogen (secondary N) is 1. The number of carbonyl (C=O) groups excluding carboxylic acids is 2. The van der Waals surface area contributed by atoms with Crippen molar-refractivity contribution >= 4 is 11.8 Å². The van der Waals surface area contributed by atoms with Gasteiger partial charge in [0.05, 0.1) is 24.7 Å². The number of amides is 2. The van der Waals surface area contributed by atoms with E-state index >= 15 is 0 Å². The summed E-state index contributed by atoms with van der Waals surface area (Å²) in [5.74, 6) is -2.99. The SMILES string of the molecule is CC(=O)N1Cc2ccnn2[C@@H](CC(=O)NC2CC(F)(F)C2)C1. The van der Waals surface area contributed by atoms with Gasteiger partial charge < -0.3 is 10.2 Å². The maximum Gasteiger partial charge on any atom is 0.252 e. The van der Waals surface area contributed by atoms with Gasteiger partial charge in [-0.25, -0.2) is 8.78 Å². The first-order chi connectivity index (χ1) is 10.3. The first kappa shape index (κ1) is 14.9. The van der Waals surface area contributed by atoms with E-state index in [0.29, 0.717) is 13.1 Å². The van der Waals surface area contributed by atoms with E-state index in [2.05, 4.69) is 10.4 Å². The predicted molar refractivity (Wildman–Crippen MR) is 73.1 cm³/mol.